The van der Waals surface area contributed by atoms with E-state index in [1.165, 1.54) is 11.1 Å². The molecule has 0 unspecified atom stereocenters. The number of nitrogens with two attached hydrogens (primary N) is 1. The van der Waals surface area contributed by atoms with E-state index >= 15 is 0 Å². The maximum absolute atomic E-state index is 5.89. The molecule has 0 bridgehead atoms. The van der Waals surface area contributed by atoms with Crippen molar-refractivity contribution < 1.29 is 4.74 Å². The fourth-order valence-corrected chi connectivity index (χ4v) is 2.43. The number of rotatable bonds is 4. The number of anilines is 1. The summed E-state index contributed by atoms with van der Waals surface area (Å²) in [6, 6.07) is 23.6. The highest BCUT2D eigenvalue weighted by molar-refractivity contribution is 6.30. The Morgan fingerprint density at radius 3 is 2.18 bits per heavy atom. The molecule has 0 saturated carbocycles. The van der Waals surface area contributed by atoms with Gasteiger partial charge in [0.2, 0.25) is 0 Å². The lowest BCUT2D eigenvalue weighted by Crippen LogP contribution is -1.92. The van der Waals surface area contributed by atoms with Crippen LogP contribution in [0.4, 0.5) is 5.69 Å². The van der Waals surface area contributed by atoms with Crippen molar-refractivity contribution in [3.05, 3.63) is 88.9 Å². The summed E-state index contributed by atoms with van der Waals surface area (Å²) in [7, 11) is 0. The van der Waals surface area contributed by atoms with Crippen LogP contribution in [0.5, 0.6) is 11.5 Å². The number of ether oxygens (including phenoxy) is 1. The maximum Gasteiger partial charge on any atom is 0.150 e. The summed E-state index contributed by atoms with van der Waals surface area (Å²) in [5.41, 5.74) is 8.95. The van der Waals surface area contributed by atoms with E-state index in [0.717, 1.165) is 12.2 Å². The molecule has 0 amide bonds. The molecule has 0 aliphatic heterocycles. The minimum atomic E-state index is 0.529. The number of nitrogen functional groups attached to an aromatic ring is 1. The van der Waals surface area contributed by atoms with E-state index in [0.29, 0.717) is 16.5 Å². The summed E-state index contributed by atoms with van der Waals surface area (Å²) in [6.07, 6.45) is 0.907. The van der Waals surface area contributed by atoms with Gasteiger partial charge < -0.3 is 10.5 Å². The topological polar surface area (TPSA) is 35.2 Å². The van der Waals surface area contributed by atoms with Crippen LogP contribution in [0.25, 0.3) is 0 Å². The fourth-order valence-electron chi connectivity index (χ4n) is 2.25. The van der Waals surface area contributed by atoms with Gasteiger partial charge in [-0.05, 0) is 47.9 Å². The molecular weight excluding hydrogens is 294 g/mol. The van der Waals surface area contributed by atoms with Crippen LogP contribution in [0.15, 0.2) is 72.8 Å². The predicted molar refractivity (Wildman–Crippen MR) is 91.6 cm³/mol. The zero-order valence-electron chi connectivity index (χ0n) is 12.0. The lowest BCUT2D eigenvalue weighted by Gasteiger charge is -2.09. The quantitative estimate of drug-likeness (QED) is 0.663. The molecule has 0 aromatic heterocycles. The van der Waals surface area contributed by atoms with Crippen molar-refractivity contribution in [2.75, 3.05) is 5.73 Å². The molecule has 3 aromatic carbocycles. The van der Waals surface area contributed by atoms with E-state index in [2.05, 4.69) is 36.4 Å². The Morgan fingerprint density at radius 2 is 1.50 bits per heavy atom. The van der Waals surface area contributed by atoms with Gasteiger partial charge in [-0.1, -0.05) is 54.1 Å². The van der Waals surface area contributed by atoms with Crippen LogP contribution in [-0.2, 0) is 6.42 Å². The molecule has 0 fully saturated rings. The van der Waals surface area contributed by atoms with Crippen molar-refractivity contribution in [1.82, 2.24) is 0 Å². The molecule has 2 nitrogen and oxygen atoms in total. The molecular formula is C19H16ClNO. The van der Waals surface area contributed by atoms with Gasteiger partial charge in [0.15, 0.2) is 0 Å². The van der Waals surface area contributed by atoms with Crippen LogP contribution in [-0.4, -0.2) is 0 Å². The molecule has 0 radical (unpaired) electrons. The van der Waals surface area contributed by atoms with Crippen LogP contribution in [0, 0.1) is 0 Å². The van der Waals surface area contributed by atoms with Gasteiger partial charge in [0.25, 0.3) is 0 Å². The lowest BCUT2D eigenvalue weighted by atomic mass is 10.1. The molecule has 110 valence electrons. The summed E-state index contributed by atoms with van der Waals surface area (Å²) in [6.45, 7) is 0. The first-order valence-corrected chi connectivity index (χ1v) is 7.44. The molecule has 0 spiro atoms. The van der Waals surface area contributed by atoms with Gasteiger partial charge in [-0.2, -0.15) is 0 Å². The summed E-state index contributed by atoms with van der Waals surface area (Å²) in [5.74, 6) is 1.37. The SMILES string of the molecule is Nc1cc(Cl)ccc1Oc1ccc(Cc2ccccc2)cc1. The van der Waals surface area contributed by atoms with Crippen LogP contribution in [0.2, 0.25) is 5.02 Å². The largest absolute Gasteiger partial charge is 0.455 e. The van der Waals surface area contributed by atoms with E-state index in [1.807, 2.05) is 18.2 Å². The molecule has 3 rings (SSSR count). The van der Waals surface area contributed by atoms with Gasteiger partial charge in [0, 0.05) is 5.02 Å². The van der Waals surface area contributed by atoms with Crippen LogP contribution >= 0.6 is 11.6 Å². The molecule has 3 aromatic rings. The first kappa shape index (κ1) is 14.5. The van der Waals surface area contributed by atoms with E-state index in [-0.39, 0.29) is 0 Å². The predicted octanol–water partition coefficient (Wildman–Crippen LogP) is 5.31. The third-order valence-corrected chi connectivity index (χ3v) is 3.61. The monoisotopic (exact) mass is 309 g/mol. The Bertz CT molecular complexity index is 754. The minimum absolute atomic E-state index is 0.529. The Morgan fingerprint density at radius 1 is 0.818 bits per heavy atom. The Kier molecular flexibility index (Phi) is 4.31. The second-order valence-corrected chi connectivity index (χ2v) is 5.53. The van der Waals surface area contributed by atoms with Crippen molar-refractivity contribution in [2.45, 2.75) is 6.42 Å². The molecule has 2 N–H and O–H groups in total. The van der Waals surface area contributed by atoms with Gasteiger partial charge >= 0.3 is 0 Å². The van der Waals surface area contributed by atoms with Crippen molar-refractivity contribution in [3.63, 3.8) is 0 Å². The first-order chi connectivity index (χ1) is 10.7. The normalized spacial score (nSPS) is 10.4. The second-order valence-electron chi connectivity index (χ2n) is 5.09. The van der Waals surface area contributed by atoms with Crippen LogP contribution in [0.1, 0.15) is 11.1 Å². The van der Waals surface area contributed by atoms with Gasteiger partial charge in [-0.3, -0.25) is 0 Å². The third kappa shape index (κ3) is 3.60. The zero-order chi connectivity index (χ0) is 15.4. The standard InChI is InChI=1S/C19H16ClNO/c20-16-8-11-19(18(21)13-16)22-17-9-6-15(7-10-17)12-14-4-2-1-3-5-14/h1-11,13H,12,21H2. The van der Waals surface area contributed by atoms with Gasteiger partial charge in [-0.25, -0.2) is 0 Å². The fraction of sp³-hybridized carbons (Fsp3) is 0.0526. The number of halogens is 1. The summed E-state index contributed by atoms with van der Waals surface area (Å²) in [4.78, 5) is 0. The Hall–Kier alpha value is -2.45. The van der Waals surface area contributed by atoms with Crippen molar-refractivity contribution >= 4 is 17.3 Å². The van der Waals surface area contributed by atoms with Gasteiger partial charge in [0.1, 0.15) is 11.5 Å². The molecule has 3 heteroatoms. The second kappa shape index (κ2) is 6.54. The van der Waals surface area contributed by atoms with E-state index in [4.69, 9.17) is 22.1 Å². The minimum Gasteiger partial charge on any atom is -0.455 e. The molecule has 0 aliphatic rings. The highest BCUT2D eigenvalue weighted by Crippen LogP contribution is 2.29. The van der Waals surface area contributed by atoms with Crippen LogP contribution in [0.3, 0.4) is 0 Å². The maximum atomic E-state index is 5.89. The first-order valence-electron chi connectivity index (χ1n) is 7.06. The highest BCUT2D eigenvalue weighted by atomic mass is 35.5. The molecule has 22 heavy (non-hydrogen) atoms. The highest BCUT2D eigenvalue weighted by Gasteiger charge is 2.03. The summed E-state index contributed by atoms with van der Waals surface area (Å²) < 4.78 is 5.79. The number of hydrogen-bond acceptors (Lipinski definition) is 2. The number of benzene rings is 3. The van der Waals surface area contributed by atoms with Gasteiger partial charge in [-0.15, -0.1) is 0 Å². The van der Waals surface area contributed by atoms with Crippen molar-refractivity contribution in [2.24, 2.45) is 0 Å². The average Bonchev–Trinajstić information content (AvgIpc) is 2.53. The van der Waals surface area contributed by atoms with Crippen molar-refractivity contribution in [3.8, 4) is 11.5 Å². The van der Waals surface area contributed by atoms with Crippen molar-refractivity contribution in [1.29, 1.82) is 0 Å². The van der Waals surface area contributed by atoms with E-state index in [9.17, 15) is 0 Å². The number of hydrogen-bond donors (Lipinski definition) is 1. The Balaban J connectivity index is 1.71. The van der Waals surface area contributed by atoms with Crippen LogP contribution < -0.4 is 10.5 Å². The molecule has 0 atom stereocenters. The van der Waals surface area contributed by atoms with Gasteiger partial charge in [0.05, 0.1) is 5.69 Å². The molecule has 0 heterocycles. The summed E-state index contributed by atoms with van der Waals surface area (Å²) in [5, 5.41) is 0.600. The molecule has 0 saturated heterocycles. The Labute approximate surface area is 135 Å². The summed E-state index contributed by atoms with van der Waals surface area (Å²) >= 11 is 5.88. The third-order valence-electron chi connectivity index (χ3n) is 3.37. The van der Waals surface area contributed by atoms with E-state index in [1.54, 1.807) is 18.2 Å². The molecule has 0 aliphatic carbocycles. The lowest BCUT2D eigenvalue weighted by molar-refractivity contribution is 0.485. The van der Waals surface area contributed by atoms with E-state index < -0.39 is 0 Å². The average molecular weight is 310 g/mol. The smallest absolute Gasteiger partial charge is 0.150 e. The zero-order valence-corrected chi connectivity index (χ0v) is 12.8.